The first-order chi connectivity index (χ1) is 6.25. The van der Waals surface area contributed by atoms with Crippen molar-refractivity contribution in [3.63, 3.8) is 0 Å². The van der Waals surface area contributed by atoms with Crippen LogP contribution in [0.5, 0.6) is 0 Å². The molecule has 3 fully saturated rings. The van der Waals surface area contributed by atoms with Crippen molar-refractivity contribution in [2.45, 2.75) is 38.5 Å². The molecule has 4 atom stereocenters. The van der Waals surface area contributed by atoms with Gasteiger partial charge < -0.3 is 5.73 Å². The van der Waals surface area contributed by atoms with E-state index in [1.165, 1.54) is 32.1 Å². The van der Waals surface area contributed by atoms with E-state index in [2.05, 4.69) is 0 Å². The Labute approximate surface area is 78.9 Å². The maximum Gasteiger partial charge on any atom is 0.224 e. The van der Waals surface area contributed by atoms with Crippen LogP contribution in [0.25, 0.3) is 0 Å². The van der Waals surface area contributed by atoms with Gasteiger partial charge in [0.25, 0.3) is 0 Å². The van der Waals surface area contributed by atoms with Crippen molar-refractivity contribution in [3.8, 4) is 0 Å². The van der Waals surface area contributed by atoms with Crippen LogP contribution >= 0.6 is 0 Å². The second-order valence-electron chi connectivity index (χ2n) is 5.17. The van der Waals surface area contributed by atoms with Gasteiger partial charge in [0.05, 0.1) is 5.41 Å². The maximum absolute atomic E-state index is 11.6. The van der Waals surface area contributed by atoms with Crippen molar-refractivity contribution >= 4 is 5.91 Å². The van der Waals surface area contributed by atoms with Gasteiger partial charge in [0.15, 0.2) is 0 Å². The largest absolute Gasteiger partial charge is 0.369 e. The number of fused-ring (bicyclic) bond motifs is 5. The second kappa shape index (κ2) is 2.28. The summed E-state index contributed by atoms with van der Waals surface area (Å²) < 4.78 is 0. The number of hydrogen-bond donors (Lipinski definition) is 1. The van der Waals surface area contributed by atoms with Gasteiger partial charge in [0, 0.05) is 0 Å². The molecule has 0 spiro atoms. The van der Waals surface area contributed by atoms with Gasteiger partial charge in [0.1, 0.15) is 0 Å². The number of carbonyl (C=O) groups excluding carboxylic acids is 1. The summed E-state index contributed by atoms with van der Waals surface area (Å²) in [6.45, 7) is 0. The fourth-order valence-corrected chi connectivity index (χ4v) is 4.58. The van der Waals surface area contributed by atoms with Gasteiger partial charge in [0.2, 0.25) is 5.91 Å². The zero-order valence-electron chi connectivity index (χ0n) is 7.96. The number of carbonyl (C=O) groups is 1. The van der Waals surface area contributed by atoms with Crippen LogP contribution in [0, 0.1) is 23.2 Å². The van der Waals surface area contributed by atoms with Gasteiger partial charge >= 0.3 is 0 Å². The smallest absolute Gasteiger partial charge is 0.224 e. The third-order valence-corrected chi connectivity index (χ3v) is 5.00. The third-order valence-electron chi connectivity index (χ3n) is 5.00. The average molecular weight is 179 g/mol. The predicted molar refractivity (Wildman–Crippen MR) is 49.8 cm³/mol. The summed E-state index contributed by atoms with van der Waals surface area (Å²) in [7, 11) is 0. The molecule has 0 saturated heterocycles. The quantitative estimate of drug-likeness (QED) is 0.654. The van der Waals surface area contributed by atoms with Gasteiger partial charge in [-0.05, 0) is 49.9 Å². The van der Waals surface area contributed by atoms with Crippen LogP contribution in [0.15, 0.2) is 0 Å². The first kappa shape index (κ1) is 7.84. The fraction of sp³-hybridized carbons (Fsp3) is 0.909. The minimum absolute atomic E-state index is 0.0159. The Morgan fingerprint density at radius 2 is 2.15 bits per heavy atom. The Balaban J connectivity index is 2.04. The molecule has 0 heterocycles. The first-order valence-corrected chi connectivity index (χ1v) is 5.55. The molecule has 0 radical (unpaired) electrons. The molecule has 3 rings (SSSR count). The summed E-state index contributed by atoms with van der Waals surface area (Å²) in [5, 5.41) is 0. The van der Waals surface area contributed by atoms with E-state index in [1.54, 1.807) is 0 Å². The number of amides is 1. The second-order valence-corrected chi connectivity index (χ2v) is 5.17. The summed E-state index contributed by atoms with van der Waals surface area (Å²) >= 11 is 0. The van der Waals surface area contributed by atoms with Crippen LogP contribution < -0.4 is 5.73 Å². The van der Waals surface area contributed by atoms with E-state index in [0.717, 1.165) is 12.3 Å². The Bertz CT molecular complexity index is 263. The highest BCUT2D eigenvalue weighted by molar-refractivity contribution is 5.82. The molecule has 3 aliphatic rings. The van der Waals surface area contributed by atoms with Gasteiger partial charge in [-0.3, -0.25) is 4.79 Å². The van der Waals surface area contributed by atoms with Crippen LogP contribution in [0.2, 0.25) is 0 Å². The highest BCUT2D eigenvalue weighted by Gasteiger charge is 2.62. The lowest BCUT2D eigenvalue weighted by Crippen LogP contribution is -2.44. The maximum atomic E-state index is 11.6. The number of hydrogen-bond acceptors (Lipinski definition) is 1. The summed E-state index contributed by atoms with van der Waals surface area (Å²) in [5.74, 6) is 2.19. The summed E-state index contributed by atoms with van der Waals surface area (Å²) in [4.78, 5) is 11.6. The molecule has 13 heavy (non-hydrogen) atoms. The van der Waals surface area contributed by atoms with E-state index < -0.39 is 0 Å². The van der Waals surface area contributed by atoms with Crippen LogP contribution in [-0.4, -0.2) is 5.91 Å². The SMILES string of the molecule is NC(=O)C12CCCC1C1CCC2C1. The van der Waals surface area contributed by atoms with E-state index in [9.17, 15) is 4.79 Å². The Morgan fingerprint density at radius 3 is 2.85 bits per heavy atom. The van der Waals surface area contributed by atoms with Crippen molar-refractivity contribution in [1.82, 2.24) is 0 Å². The predicted octanol–water partition coefficient (Wildman–Crippen LogP) is 1.69. The van der Waals surface area contributed by atoms with E-state index >= 15 is 0 Å². The fourth-order valence-electron chi connectivity index (χ4n) is 4.58. The molecule has 0 aliphatic heterocycles. The lowest BCUT2D eigenvalue weighted by molar-refractivity contribution is -0.132. The highest BCUT2D eigenvalue weighted by Crippen LogP contribution is 2.66. The lowest BCUT2D eigenvalue weighted by Gasteiger charge is -2.36. The minimum atomic E-state index is -0.0388. The van der Waals surface area contributed by atoms with Crippen molar-refractivity contribution in [2.24, 2.45) is 28.9 Å². The molecule has 0 aromatic heterocycles. The van der Waals surface area contributed by atoms with Crippen LogP contribution in [0.3, 0.4) is 0 Å². The number of rotatable bonds is 1. The molecule has 0 aromatic carbocycles. The van der Waals surface area contributed by atoms with E-state index in [4.69, 9.17) is 5.73 Å². The van der Waals surface area contributed by atoms with Crippen LogP contribution in [0.4, 0.5) is 0 Å². The first-order valence-electron chi connectivity index (χ1n) is 5.55. The van der Waals surface area contributed by atoms with Crippen molar-refractivity contribution < 1.29 is 4.79 Å². The standard InChI is InChI=1S/C11H17NO/c12-10(13)11-5-1-2-9(11)7-3-4-8(11)6-7/h7-9H,1-6H2,(H2,12,13). The monoisotopic (exact) mass is 179 g/mol. The third kappa shape index (κ3) is 0.733. The van der Waals surface area contributed by atoms with Gasteiger partial charge in [-0.15, -0.1) is 0 Å². The van der Waals surface area contributed by atoms with Crippen LogP contribution in [-0.2, 0) is 4.79 Å². The molecular weight excluding hydrogens is 162 g/mol. The molecule has 2 N–H and O–H groups in total. The zero-order chi connectivity index (χ0) is 9.05. The molecule has 3 saturated carbocycles. The lowest BCUT2D eigenvalue weighted by atomic mass is 9.67. The number of primary amides is 1. The molecule has 4 unspecified atom stereocenters. The van der Waals surface area contributed by atoms with E-state index in [0.29, 0.717) is 11.8 Å². The van der Waals surface area contributed by atoms with Crippen molar-refractivity contribution in [3.05, 3.63) is 0 Å². The summed E-state index contributed by atoms with van der Waals surface area (Å²) in [6, 6.07) is 0. The van der Waals surface area contributed by atoms with Crippen molar-refractivity contribution in [2.75, 3.05) is 0 Å². The normalized spacial score (nSPS) is 52.5. The molecule has 72 valence electrons. The number of nitrogens with two attached hydrogens (primary N) is 1. The summed E-state index contributed by atoms with van der Waals surface area (Å²) in [6.07, 6.45) is 7.53. The van der Waals surface area contributed by atoms with Crippen molar-refractivity contribution in [1.29, 1.82) is 0 Å². The average Bonchev–Trinajstić information content (AvgIpc) is 2.76. The molecule has 3 aliphatic carbocycles. The Hall–Kier alpha value is -0.530. The molecular formula is C11H17NO. The minimum Gasteiger partial charge on any atom is -0.369 e. The van der Waals surface area contributed by atoms with Gasteiger partial charge in [-0.25, -0.2) is 0 Å². The molecule has 2 nitrogen and oxygen atoms in total. The molecule has 1 amide bonds. The van der Waals surface area contributed by atoms with E-state index in [1.807, 2.05) is 0 Å². The molecule has 2 heteroatoms. The van der Waals surface area contributed by atoms with Crippen LogP contribution in [0.1, 0.15) is 38.5 Å². The Morgan fingerprint density at radius 1 is 1.31 bits per heavy atom. The highest BCUT2D eigenvalue weighted by atomic mass is 16.1. The topological polar surface area (TPSA) is 43.1 Å². The van der Waals surface area contributed by atoms with E-state index in [-0.39, 0.29) is 11.3 Å². The zero-order valence-corrected chi connectivity index (χ0v) is 7.96. The summed E-state index contributed by atoms with van der Waals surface area (Å²) in [5.41, 5.74) is 5.58. The molecule has 0 aromatic rings. The Kier molecular flexibility index (Phi) is 1.38. The van der Waals surface area contributed by atoms with Gasteiger partial charge in [-0.2, -0.15) is 0 Å². The van der Waals surface area contributed by atoms with Gasteiger partial charge in [-0.1, -0.05) is 6.42 Å². The molecule has 2 bridgehead atoms.